The SMILES string of the molecule is Cn1nc(-c2ncc(C=O)cc2F)cc1N. The van der Waals surface area contributed by atoms with Crippen molar-refractivity contribution in [2.75, 3.05) is 5.73 Å². The lowest BCUT2D eigenvalue weighted by atomic mass is 10.2. The van der Waals surface area contributed by atoms with E-state index in [-0.39, 0.29) is 11.3 Å². The Morgan fingerprint density at radius 2 is 2.25 bits per heavy atom. The third-order valence-electron chi connectivity index (χ3n) is 2.16. The summed E-state index contributed by atoms with van der Waals surface area (Å²) in [5.41, 5.74) is 6.19. The van der Waals surface area contributed by atoms with Crippen molar-refractivity contribution < 1.29 is 9.18 Å². The predicted molar refractivity (Wildman–Crippen MR) is 56.2 cm³/mol. The van der Waals surface area contributed by atoms with Gasteiger partial charge in [0.1, 0.15) is 17.2 Å². The molecular weight excluding hydrogens is 211 g/mol. The molecule has 2 aromatic heterocycles. The van der Waals surface area contributed by atoms with Crippen LogP contribution in [0.3, 0.4) is 0 Å². The number of carbonyl (C=O) groups excluding carboxylic acids is 1. The molecule has 0 unspecified atom stereocenters. The summed E-state index contributed by atoms with van der Waals surface area (Å²) in [6.45, 7) is 0. The normalized spacial score (nSPS) is 10.4. The van der Waals surface area contributed by atoms with Gasteiger partial charge in [-0.1, -0.05) is 0 Å². The van der Waals surface area contributed by atoms with Crippen molar-refractivity contribution in [3.63, 3.8) is 0 Å². The lowest BCUT2D eigenvalue weighted by Gasteiger charge is -1.98. The van der Waals surface area contributed by atoms with Gasteiger partial charge in [0, 0.05) is 24.9 Å². The number of pyridine rings is 1. The summed E-state index contributed by atoms with van der Waals surface area (Å²) in [7, 11) is 1.65. The van der Waals surface area contributed by atoms with Crippen LogP contribution in [-0.2, 0) is 7.05 Å². The summed E-state index contributed by atoms with van der Waals surface area (Å²) in [5.74, 6) is -0.182. The Morgan fingerprint density at radius 3 is 2.75 bits per heavy atom. The smallest absolute Gasteiger partial charge is 0.151 e. The number of aryl methyl sites for hydroxylation is 1. The van der Waals surface area contributed by atoms with Crippen molar-refractivity contribution in [2.24, 2.45) is 7.05 Å². The average molecular weight is 220 g/mol. The Balaban J connectivity index is 2.52. The number of halogens is 1. The Morgan fingerprint density at radius 1 is 1.50 bits per heavy atom. The van der Waals surface area contributed by atoms with Gasteiger partial charge in [0.05, 0.1) is 0 Å². The van der Waals surface area contributed by atoms with Gasteiger partial charge in [-0.2, -0.15) is 5.10 Å². The highest BCUT2D eigenvalue weighted by Gasteiger charge is 2.12. The number of anilines is 1. The van der Waals surface area contributed by atoms with E-state index >= 15 is 0 Å². The van der Waals surface area contributed by atoms with Gasteiger partial charge in [0.2, 0.25) is 0 Å². The zero-order valence-corrected chi connectivity index (χ0v) is 8.51. The molecule has 0 atom stereocenters. The lowest BCUT2D eigenvalue weighted by molar-refractivity contribution is 0.112. The van der Waals surface area contributed by atoms with Gasteiger partial charge in [-0.15, -0.1) is 0 Å². The maximum Gasteiger partial charge on any atom is 0.151 e. The standard InChI is InChI=1S/C10H9FN4O/c1-15-9(12)3-8(14-15)10-7(11)2-6(5-16)4-13-10/h2-5H,12H2,1H3. The molecule has 0 fully saturated rings. The highest BCUT2D eigenvalue weighted by Crippen LogP contribution is 2.20. The van der Waals surface area contributed by atoms with Crippen molar-refractivity contribution in [1.29, 1.82) is 0 Å². The molecule has 0 aromatic carbocycles. The first-order valence-corrected chi connectivity index (χ1v) is 4.52. The second kappa shape index (κ2) is 3.73. The van der Waals surface area contributed by atoms with Crippen molar-refractivity contribution in [3.8, 4) is 11.4 Å². The first kappa shape index (κ1) is 10.3. The van der Waals surface area contributed by atoms with Gasteiger partial charge in [0.25, 0.3) is 0 Å². The molecule has 0 amide bonds. The first-order chi connectivity index (χ1) is 7.61. The second-order valence-corrected chi connectivity index (χ2v) is 3.29. The minimum atomic E-state index is -0.595. The van der Waals surface area contributed by atoms with Crippen LogP contribution in [0.5, 0.6) is 0 Å². The van der Waals surface area contributed by atoms with Crippen LogP contribution in [0.15, 0.2) is 18.3 Å². The van der Waals surface area contributed by atoms with Crippen LogP contribution >= 0.6 is 0 Å². The van der Waals surface area contributed by atoms with E-state index in [0.717, 1.165) is 6.07 Å². The monoisotopic (exact) mass is 220 g/mol. The van der Waals surface area contributed by atoms with E-state index in [2.05, 4.69) is 10.1 Å². The number of aromatic nitrogens is 3. The minimum Gasteiger partial charge on any atom is -0.384 e. The number of nitrogens with two attached hydrogens (primary N) is 1. The molecular formula is C10H9FN4O. The molecule has 0 saturated carbocycles. The number of nitrogens with zero attached hydrogens (tertiary/aromatic N) is 3. The summed E-state index contributed by atoms with van der Waals surface area (Å²) >= 11 is 0. The average Bonchev–Trinajstić information content (AvgIpc) is 2.58. The van der Waals surface area contributed by atoms with E-state index in [9.17, 15) is 9.18 Å². The molecule has 0 spiro atoms. The molecule has 0 bridgehead atoms. The van der Waals surface area contributed by atoms with Crippen molar-refractivity contribution in [3.05, 3.63) is 29.7 Å². The third kappa shape index (κ3) is 1.65. The summed E-state index contributed by atoms with van der Waals surface area (Å²) in [6.07, 6.45) is 1.82. The van der Waals surface area contributed by atoms with Crippen LogP contribution in [0.1, 0.15) is 10.4 Å². The first-order valence-electron chi connectivity index (χ1n) is 4.52. The predicted octanol–water partition coefficient (Wildman–Crippen LogP) is 1.02. The highest BCUT2D eigenvalue weighted by molar-refractivity contribution is 5.75. The number of rotatable bonds is 2. The van der Waals surface area contributed by atoms with E-state index in [0.29, 0.717) is 17.8 Å². The quantitative estimate of drug-likeness (QED) is 0.766. The molecule has 0 aliphatic carbocycles. The molecule has 2 N–H and O–H groups in total. The molecule has 2 heterocycles. The third-order valence-corrected chi connectivity index (χ3v) is 2.16. The van der Waals surface area contributed by atoms with Gasteiger partial charge >= 0.3 is 0 Å². The van der Waals surface area contributed by atoms with Gasteiger partial charge in [0.15, 0.2) is 12.1 Å². The summed E-state index contributed by atoms with van der Waals surface area (Å²) in [4.78, 5) is 14.3. The van der Waals surface area contributed by atoms with Gasteiger partial charge in [-0.3, -0.25) is 14.5 Å². The van der Waals surface area contributed by atoms with Crippen LogP contribution in [0.4, 0.5) is 10.2 Å². The van der Waals surface area contributed by atoms with Crippen LogP contribution in [0.2, 0.25) is 0 Å². The highest BCUT2D eigenvalue weighted by atomic mass is 19.1. The van der Waals surface area contributed by atoms with Crippen LogP contribution in [0.25, 0.3) is 11.4 Å². The maximum absolute atomic E-state index is 13.6. The van der Waals surface area contributed by atoms with Gasteiger partial charge in [-0.05, 0) is 6.07 Å². The van der Waals surface area contributed by atoms with E-state index in [1.807, 2.05) is 0 Å². The summed E-state index contributed by atoms with van der Waals surface area (Å²) in [5, 5.41) is 4.00. The molecule has 2 aromatic rings. The fraction of sp³-hybridized carbons (Fsp3) is 0.100. The molecule has 0 aliphatic rings. The topological polar surface area (TPSA) is 73.8 Å². The number of aldehydes is 1. The molecule has 0 radical (unpaired) electrons. The molecule has 82 valence electrons. The largest absolute Gasteiger partial charge is 0.384 e. The van der Waals surface area contributed by atoms with Crippen LogP contribution in [0, 0.1) is 5.82 Å². The van der Waals surface area contributed by atoms with E-state index in [4.69, 9.17) is 5.73 Å². The van der Waals surface area contributed by atoms with Crippen LogP contribution < -0.4 is 5.73 Å². The maximum atomic E-state index is 13.6. The number of hydrogen-bond acceptors (Lipinski definition) is 4. The molecule has 0 aliphatic heterocycles. The number of carbonyl (C=O) groups is 1. The summed E-state index contributed by atoms with van der Waals surface area (Å²) in [6, 6.07) is 2.63. The number of nitrogen functional groups attached to an aromatic ring is 1. The Kier molecular flexibility index (Phi) is 2.40. The van der Waals surface area contributed by atoms with Gasteiger partial charge < -0.3 is 5.73 Å². The fourth-order valence-electron chi connectivity index (χ4n) is 1.30. The Hall–Kier alpha value is -2.24. The molecule has 16 heavy (non-hydrogen) atoms. The zero-order valence-electron chi connectivity index (χ0n) is 8.51. The number of hydrogen-bond donors (Lipinski definition) is 1. The molecule has 5 nitrogen and oxygen atoms in total. The molecule has 6 heteroatoms. The van der Waals surface area contributed by atoms with E-state index in [1.54, 1.807) is 7.05 Å². The zero-order chi connectivity index (χ0) is 11.7. The Labute approximate surface area is 90.7 Å². The van der Waals surface area contributed by atoms with Crippen molar-refractivity contribution in [1.82, 2.24) is 14.8 Å². The Bertz CT molecular complexity index is 530. The second-order valence-electron chi connectivity index (χ2n) is 3.29. The van der Waals surface area contributed by atoms with Crippen molar-refractivity contribution in [2.45, 2.75) is 0 Å². The summed E-state index contributed by atoms with van der Waals surface area (Å²) < 4.78 is 15.0. The van der Waals surface area contributed by atoms with Crippen molar-refractivity contribution >= 4 is 12.1 Å². The minimum absolute atomic E-state index is 0.0814. The van der Waals surface area contributed by atoms with E-state index < -0.39 is 5.82 Å². The molecule has 2 rings (SSSR count). The fourth-order valence-corrected chi connectivity index (χ4v) is 1.30. The van der Waals surface area contributed by atoms with Gasteiger partial charge in [-0.25, -0.2) is 4.39 Å². The molecule has 0 saturated heterocycles. The van der Waals surface area contributed by atoms with E-state index in [1.165, 1.54) is 16.9 Å². The van der Waals surface area contributed by atoms with Crippen LogP contribution in [-0.4, -0.2) is 21.1 Å². The lowest BCUT2D eigenvalue weighted by Crippen LogP contribution is -1.97.